The Morgan fingerprint density at radius 1 is 1.30 bits per heavy atom. The maximum absolute atomic E-state index is 13.7. The van der Waals surface area contributed by atoms with Gasteiger partial charge in [0.25, 0.3) is 0 Å². The molecule has 0 bridgehead atoms. The highest BCUT2D eigenvalue weighted by Gasteiger charge is 2.24. The van der Waals surface area contributed by atoms with Crippen LogP contribution < -0.4 is 5.32 Å². The van der Waals surface area contributed by atoms with E-state index in [2.05, 4.69) is 17.1 Å². The molecule has 0 aliphatic carbocycles. The Morgan fingerprint density at radius 3 is 2.75 bits per heavy atom. The number of hydrogen-bond donors (Lipinski definition) is 1. The van der Waals surface area contributed by atoms with E-state index in [9.17, 15) is 4.39 Å². The van der Waals surface area contributed by atoms with Crippen LogP contribution in [0.5, 0.6) is 0 Å². The SMILES string of the molecule is CCCCC[C@@H](c1cccc(F)c1Cl)N1CCNCC1. The normalized spacial score (nSPS) is 18.1. The average molecular weight is 299 g/mol. The summed E-state index contributed by atoms with van der Waals surface area (Å²) in [5.74, 6) is -0.306. The van der Waals surface area contributed by atoms with E-state index in [0.717, 1.165) is 44.6 Å². The van der Waals surface area contributed by atoms with Crippen molar-refractivity contribution in [2.75, 3.05) is 26.2 Å². The molecule has 0 radical (unpaired) electrons. The van der Waals surface area contributed by atoms with E-state index in [0.29, 0.717) is 5.02 Å². The first-order valence-electron chi connectivity index (χ1n) is 7.62. The van der Waals surface area contributed by atoms with Crippen LogP contribution in [0.15, 0.2) is 18.2 Å². The van der Waals surface area contributed by atoms with Gasteiger partial charge in [-0.25, -0.2) is 4.39 Å². The first-order valence-corrected chi connectivity index (χ1v) is 8.00. The molecule has 1 aliphatic rings. The summed E-state index contributed by atoms with van der Waals surface area (Å²) in [5.41, 5.74) is 0.949. The van der Waals surface area contributed by atoms with Crippen molar-refractivity contribution in [3.05, 3.63) is 34.6 Å². The summed E-state index contributed by atoms with van der Waals surface area (Å²) in [6.07, 6.45) is 4.63. The van der Waals surface area contributed by atoms with Gasteiger partial charge in [0.2, 0.25) is 0 Å². The number of benzene rings is 1. The number of piperazine rings is 1. The van der Waals surface area contributed by atoms with E-state index in [-0.39, 0.29) is 11.9 Å². The Kier molecular flexibility index (Phi) is 6.27. The molecular weight excluding hydrogens is 275 g/mol. The summed E-state index contributed by atoms with van der Waals surface area (Å²) in [5, 5.41) is 3.66. The number of hydrogen-bond acceptors (Lipinski definition) is 2. The van der Waals surface area contributed by atoms with Crippen molar-refractivity contribution >= 4 is 11.6 Å². The Labute approximate surface area is 126 Å². The van der Waals surface area contributed by atoms with Gasteiger partial charge in [0.1, 0.15) is 5.82 Å². The third-order valence-corrected chi connectivity index (χ3v) is 4.41. The molecule has 1 saturated heterocycles. The van der Waals surface area contributed by atoms with E-state index < -0.39 is 0 Å². The molecule has 1 N–H and O–H groups in total. The van der Waals surface area contributed by atoms with Crippen LogP contribution in [0.25, 0.3) is 0 Å². The summed E-state index contributed by atoms with van der Waals surface area (Å²) < 4.78 is 13.7. The molecule has 1 aromatic carbocycles. The maximum atomic E-state index is 13.7. The fraction of sp³-hybridized carbons (Fsp3) is 0.625. The van der Waals surface area contributed by atoms with Gasteiger partial charge in [0.05, 0.1) is 5.02 Å². The predicted octanol–water partition coefficient (Wildman–Crippen LogP) is 4.01. The first kappa shape index (κ1) is 15.7. The zero-order valence-electron chi connectivity index (χ0n) is 12.2. The monoisotopic (exact) mass is 298 g/mol. The average Bonchev–Trinajstić information content (AvgIpc) is 2.48. The van der Waals surface area contributed by atoms with Crippen LogP contribution in [0.3, 0.4) is 0 Å². The van der Waals surface area contributed by atoms with Crippen LogP contribution in [0.1, 0.15) is 44.2 Å². The highest BCUT2D eigenvalue weighted by Crippen LogP contribution is 2.33. The van der Waals surface area contributed by atoms with Gasteiger partial charge in [-0.05, 0) is 18.1 Å². The molecule has 112 valence electrons. The van der Waals surface area contributed by atoms with Gasteiger partial charge in [-0.15, -0.1) is 0 Å². The smallest absolute Gasteiger partial charge is 0.142 e. The highest BCUT2D eigenvalue weighted by molar-refractivity contribution is 6.31. The van der Waals surface area contributed by atoms with Crippen LogP contribution >= 0.6 is 11.6 Å². The van der Waals surface area contributed by atoms with Crippen molar-refractivity contribution in [3.8, 4) is 0 Å². The fourth-order valence-electron chi connectivity index (χ4n) is 2.89. The molecule has 1 aromatic rings. The molecule has 0 amide bonds. The minimum Gasteiger partial charge on any atom is -0.314 e. The van der Waals surface area contributed by atoms with E-state index >= 15 is 0 Å². The molecular formula is C16H24ClFN2. The number of nitrogens with zero attached hydrogens (tertiary/aromatic N) is 1. The minimum absolute atomic E-state index is 0.242. The van der Waals surface area contributed by atoms with Gasteiger partial charge in [0.15, 0.2) is 0 Å². The minimum atomic E-state index is -0.306. The Bertz CT molecular complexity index is 419. The van der Waals surface area contributed by atoms with Crippen molar-refractivity contribution in [2.45, 2.75) is 38.6 Å². The van der Waals surface area contributed by atoms with Crippen molar-refractivity contribution in [1.82, 2.24) is 10.2 Å². The van der Waals surface area contributed by atoms with E-state index in [4.69, 9.17) is 11.6 Å². The topological polar surface area (TPSA) is 15.3 Å². The molecule has 0 saturated carbocycles. The standard InChI is InChI=1S/C16H24ClFN2/c1-2-3-4-8-15(20-11-9-19-10-12-20)13-6-5-7-14(18)16(13)17/h5-7,15,19H,2-4,8-12H2,1H3/t15-/m0/s1. The summed E-state index contributed by atoms with van der Waals surface area (Å²) in [6, 6.07) is 5.43. The summed E-state index contributed by atoms with van der Waals surface area (Å²) in [7, 11) is 0. The largest absolute Gasteiger partial charge is 0.314 e. The molecule has 0 unspecified atom stereocenters. The van der Waals surface area contributed by atoms with Gasteiger partial charge in [-0.3, -0.25) is 4.90 Å². The zero-order valence-corrected chi connectivity index (χ0v) is 12.9. The second-order valence-electron chi connectivity index (χ2n) is 5.44. The van der Waals surface area contributed by atoms with Crippen LogP contribution in [-0.2, 0) is 0 Å². The van der Waals surface area contributed by atoms with E-state index in [1.165, 1.54) is 18.9 Å². The lowest BCUT2D eigenvalue weighted by molar-refractivity contribution is 0.162. The van der Waals surface area contributed by atoms with Gasteiger partial charge in [-0.1, -0.05) is 49.9 Å². The molecule has 4 heteroatoms. The van der Waals surface area contributed by atoms with Gasteiger partial charge >= 0.3 is 0 Å². The molecule has 1 aliphatic heterocycles. The second kappa shape index (κ2) is 7.96. The van der Waals surface area contributed by atoms with E-state index in [1.54, 1.807) is 6.07 Å². The van der Waals surface area contributed by atoms with Crippen molar-refractivity contribution in [2.24, 2.45) is 0 Å². The molecule has 20 heavy (non-hydrogen) atoms. The molecule has 2 nitrogen and oxygen atoms in total. The lowest BCUT2D eigenvalue weighted by Crippen LogP contribution is -2.45. The van der Waals surface area contributed by atoms with Gasteiger partial charge < -0.3 is 5.32 Å². The predicted molar refractivity (Wildman–Crippen MR) is 82.7 cm³/mol. The first-order chi connectivity index (χ1) is 9.74. The van der Waals surface area contributed by atoms with Crippen molar-refractivity contribution in [3.63, 3.8) is 0 Å². The Morgan fingerprint density at radius 2 is 2.05 bits per heavy atom. The fourth-order valence-corrected chi connectivity index (χ4v) is 3.15. The molecule has 1 heterocycles. The molecule has 0 spiro atoms. The van der Waals surface area contributed by atoms with Crippen molar-refractivity contribution in [1.29, 1.82) is 0 Å². The second-order valence-corrected chi connectivity index (χ2v) is 5.82. The summed E-state index contributed by atoms with van der Waals surface area (Å²) in [6.45, 7) is 6.21. The molecule has 2 rings (SSSR count). The third-order valence-electron chi connectivity index (χ3n) is 4.01. The maximum Gasteiger partial charge on any atom is 0.142 e. The molecule has 1 atom stereocenters. The highest BCUT2D eigenvalue weighted by atomic mass is 35.5. The van der Waals surface area contributed by atoms with Crippen LogP contribution in [0.4, 0.5) is 4.39 Å². The number of nitrogens with one attached hydrogen (secondary N) is 1. The molecule has 0 aromatic heterocycles. The lowest BCUT2D eigenvalue weighted by atomic mass is 9.98. The van der Waals surface area contributed by atoms with Gasteiger partial charge in [-0.2, -0.15) is 0 Å². The summed E-state index contributed by atoms with van der Waals surface area (Å²) >= 11 is 6.20. The van der Waals surface area contributed by atoms with Crippen LogP contribution in [0, 0.1) is 5.82 Å². The number of unbranched alkanes of at least 4 members (excludes halogenated alkanes) is 2. The Balaban J connectivity index is 2.17. The van der Waals surface area contributed by atoms with Crippen molar-refractivity contribution < 1.29 is 4.39 Å². The third kappa shape index (κ3) is 3.94. The Hall–Kier alpha value is -0.640. The summed E-state index contributed by atoms with van der Waals surface area (Å²) in [4.78, 5) is 2.44. The molecule has 1 fully saturated rings. The number of halogens is 2. The van der Waals surface area contributed by atoms with Gasteiger partial charge in [0, 0.05) is 32.2 Å². The van der Waals surface area contributed by atoms with Crippen LogP contribution in [-0.4, -0.2) is 31.1 Å². The van der Waals surface area contributed by atoms with Crippen LogP contribution in [0.2, 0.25) is 5.02 Å². The zero-order chi connectivity index (χ0) is 14.4. The quantitative estimate of drug-likeness (QED) is 0.799. The number of rotatable bonds is 6. The van der Waals surface area contributed by atoms with E-state index in [1.807, 2.05) is 6.07 Å². The lowest BCUT2D eigenvalue weighted by Gasteiger charge is -2.35.